The van der Waals surface area contributed by atoms with Gasteiger partial charge in [-0.05, 0) is 61.9 Å². The Hall–Kier alpha value is -2.60. The van der Waals surface area contributed by atoms with Gasteiger partial charge in [0.15, 0.2) is 5.96 Å². The van der Waals surface area contributed by atoms with Crippen LogP contribution < -0.4 is 15.4 Å². The normalized spacial score (nSPS) is 14.0. The molecule has 29 heavy (non-hydrogen) atoms. The molecule has 0 spiro atoms. The molecule has 0 aliphatic heterocycles. The van der Waals surface area contributed by atoms with Crippen molar-refractivity contribution in [1.29, 1.82) is 0 Å². The second-order valence-electron chi connectivity index (χ2n) is 7.50. The van der Waals surface area contributed by atoms with Crippen LogP contribution in [0.5, 0.6) is 5.75 Å². The Morgan fingerprint density at radius 2 is 2.00 bits per heavy atom. The van der Waals surface area contributed by atoms with Crippen molar-refractivity contribution in [1.82, 2.24) is 10.6 Å². The van der Waals surface area contributed by atoms with Gasteiger partial charge in [0, 0.05) is 24.2 Å². The Bertz CT molecular complexity index is 850. The molecule has 0 bridgehead atoms. The zero-order valence-electron chi connectivity index (χ0n) is 17.2. The number of guanidine groups is 1. The second-order valence-corrected chi connectivity index (χ2v) is 7.50. The maximum atomic E-state index is 13.5. The van der Waals surface area contributed by atoms with Crippen LogP contribution in [0.3, 0.4) is 0 Å². The van der Waals surface area contributed by atoms with Crippen LogP contribution in [-0.4, -0.2) is 24.2 Å². The highest BCUT2D eigenvalue weighted by Gasteiger charge is 2.22. The number of hydrogen-bond acceptors (Lipinski definition) is 3. The van der Waals surface area contributed by atoms with Crippen molar-refractivity contribution >= 4 is 5.96 Å². The lowest BCUT2D eigenvalue weighted by atomic mass is 10.1. The van der Waals surface area contributed by atoms with Crippen LogP contribution in [0.4, 0.5) is 4.39 Å². The zero-order valence-corrected chi connectivity index (χ0v) is 17.2. The van der Waals surface area contributed by atoms with Crippen molar-refractivity contribution < 1.29 is 14.2 Å². The lowest BCUT2D eigenvalue weighted by molar-refractivity contribution is 0.275. The van der Waals surface area contributed by atoms with Crippen LogP contribution in [0, 0.1) is 18.7 Å². The molecular formula is C23H30FN3O2. The number of halogens is 1. The number of hydrogen-bond donors (Lipinski definition) is 3. The van der Waals surface area contributed by atoms with Crippen LogP contribution in [0.1, 0.15) is 42.0 Å². The molecular weight excluding hydrogens is 369 g/mol. The van der Waals surface area contributed by atoms with E-state index in [2.05, 4.69) is 40.7 Å². The molecule has 5 nitrogen and oxygen atoms in total. The highest BCUT2D eigenvalue weighted by Crippen LogP contribution is 2.30. The quantitative estimate of drug-likeness (QED) is 0.445. The van der Waals surface area contributed by atoms with Gasteiger partial charge in [0.2, 0.25) is 0 Å². The standard InChI is InChI=1S/C23H30FN3O2/c1-3-25-23(26-12-18-7-9-21(24)20(11-18)14-28)27-13-19-8-4-16(2)10-22(19)29-15-17-5-6-17/h4,7-11,17,28H,3,5-6,12-15H2,1-2H3,(H2,25,26,27). The van der Waals surface area contributed by atoms with E-state index >= 15 is 0 Å². The van der Waals surface area contributed by atoms with E-state index in [4.69, 9.17) is 4.74 Å². The molecule has 0 radical (unpaired) electrons. The number of aliphatic imine (C=N–C) groups is 1. The Labute approximate surface area is 172 Å². The van der Waals surface area contributed by atoms with E-state index in [1.165, 1.54) is 24.5 Å². The minimum absolute atomic E-state index is 0.285. The van der Waals surface area contributed by atoms with Crippen molar-refractivity contribution in [2.24, 2.45) is 10.9 Å². The van der Waals surface area contributed by atoms with E-state index in [-0.39, 0.29) is 12.2 Å². The number of rotatable bonds is 9. The molecule has 0 saturated heterocycles. The van der Waals surface area contributed by atoms with Crippen LogP contribution in [-0.2, 0) is 19.7 Å². The first-order valence-corrected chi connectivity index (χ1v) is 10.2. The van der Waals surface area contributed by atoms with Gasteiger partial charge in [0.1, 0.15) is 11.6 Å². The van der Waals surface area contributed by atoms with Gasteiger partial charge in [-0.1, -0.05) is 18.2 Å². The number of aryl methyl sites for hydroxylation is 1. The summed E-state index contributed by atoms with van der Waals surface area (Å²) < 4.78 is 19.6. The van der Waals surface area contributed by atoms with Crippen molar-refractivity contribution in [3.05, 3.63) is 64.5 Å². The van der Waals surface area contributed by atoms with Crippen molar-refractivity contribution in [2.45, 2.75) is 46.4 Å². The number of nitrogens with one attached hydrogen (secondary N) is 2. The monoisotopic (exact) mass is 399 g/mol. The van der Waals surface area contributed by atoms with E-state index in [1.54, 1.807) is 12.1 Å². The van der Waals surface area contributed by atoms with Crippen LogP contribution in [0.2, 0.25) is 0 Å². The first kappa shape index (κ1) is 21.1. The topological polar surface area (TPSA) is 65.9 Å². The van der Waals surface area contributed by atoms with E-state index in [0.29, 0.717) is 25.0 Å². The van der Waals surface area contributed by atoms with Crippen LogP contribution >= 0.6 is 0 Å². The van der Waals surface area contributed by atoms with E-state index in [0.717, 1.165) is 30.0 Å². The molecule has 6 heteroatoms. The average Bonchev–Trinajstić information content (AvgIpc) is 3.55. The fraction of sp³-hybridized carbons (Fsp3) is 0.435. The molecule has 1 aliphatic carbocycles. The number of benzene rings is 2. The minimum Gasteiger partial charge on any atom is -0.493 e. The molecule has 1 saturated carbocycles. The van der Waals surface area contributed by atoms with Crippen molar-refractivity contribution in [3.63, 3.8) is 0 Å². The molecule has 1 fully saturated rings. The maximum absolute atomic E-state index is 13.5. The first-order chi connectivity index (χ1) is 14.1. The van der Waals surface area contributed by atoms with Gasteiger partial charge in [0.25, 0.3) is 0 Å². The summed E-state index contributed by atoms with van der Waals surface area (Å²) >= 11 is 0. The number of ether oxygens (including phenoxy) is 1. The highest BCUT2D eigenvalue weighted by atomic mass is 19.1. The zero-order chi connectivity index (χ0) is 20.6. The van der Waals surface area contributed by atoms with Gasteiger partial charge >= 0.3 is 0 Å². The molecule has 0 heterocycles. The summed E-state index contributed by atoms with van der Waals surface area (Å²) in [7, 11) is 0. The Morgan fingerprint density at radius 1 is 1.17 bits per heavy atom. The highest BCUT2D eigenvalue weighted by molar-refractivity contribution is 5.79. The fourth-order valence-electron chi connectivity index (χ4n) is 2.97. The van der Waals surface area contributed by atoms with E-state index < -0.39 is 5.82 Å². The summed E-state index contributed by atoms with van der Waals surface area (Å²) in [5.41, 5.74) is 3.39. The minimum atomic E-state index is -0.400. The molecule has 2 aromatic carbocycles. The maximum Gasteiger partial charge on any atom is 0.191 e. The number of aliphatic hydroxyl groups excluding tert-OH is 1. The largest absolute Gasteiger partial charge is 0.493 e. The third-order valence-corrected chi connectivity index (χ3v) is 4.88. The van der Waals surface area contributed by atoms with Crippen LogP contribution in [0.25, 0.3) is 0 Å². The predicted octanol–water partition coefficient (Wildman–Crippen LogP) is 3.67. The molecule has 0 amide bonds. The summed E-state index contributed by atoms with van der Waals surface area (Å²) in [6.07, 6.45) is 2.52. The summed E-state index contributed by atoms with van der Waals surface area (Å²) in [5.74, 6) is 1.90. The van der Waals surface area contributed by atoms with Gasteiger partial charge in [-0.15, -0.1) is 0 Å². The molecule has 156 valence electrons. The second kappa shape index (κ2) is 10.3. The Morgan fingerprint density at radius 3 is 2.72 bits per heavy atom. The van der Waals surface area contributed by atoms with Gasteiger partial charge in [-0.3, -0.25) is 0 Å². The smallest absolute Gasteiger partial charge is 0.191 e. The summed E-state index contributed by atoms with van der Waals surface area (Å²) in [6, 6.07) is 10.9. The average molecular weight is 400 g/mol. The summed E-state index contributed by atoms with van der Waals surface area (Å²) in [4.78, 5) is 4.58. The van der Waals surface area contributed by atoms with Gasteiger partial charge in [-0.25, -0.2) is 9.38 Å². The Kier molecular flexibility index (Phi) is 7.47. The fourth-order valence-corrected chi connectivity index (χ4v) is 2.97. The molecule has 2 aromatic rings. The summed E-state index contributed by atoms with van der Waals surface area (Å²) in [6.45, 7) is 6.25. The lowest BCUT2D eigenvalue weighted by Crippen LogP contribution is -2.36. The van der Waals surface area contributed by atoms with Gasteiger partial charge < -0.3 is 20.5 Å². The molecule has 3 N–H and O–H groups in total. The predicted molar refractivity (Wildman–Crippen MR) is 113 cm³/mol. The molecule has 1 aliphatic rings. The molecule has 3 rings (SSSR count). The van der Waals surface area contributed by atoms with Crippen molar-refractivity contribution in [3.8, 4) is 5.75 Å². The number of aliphatic hydroxyl groups is 1. The molecule has 0 atom stereocenters. The van der Waals surface area contributed by atoms with Gasteiger partial charge in [-0.2, -0.15) is 0 Å². The van der Waals surface area contributed by atoms with E-state index in [9.17, 15) is 9.50 Å². The third-order valence-electron chi connectivity index (χ3n) is 4.88. The first-order valence-electron chi connectivity index (χ1n) is 10.2. The third kappa shape index (κ3) is 6.46. The SMILES string of the molecule is CCNC(=NCc1ccc(F)c(CO)c1)NCc1ccc(C)cc1OCC1CC1. The molecule has 0 aromatic heterocycles. The van der Waals surface area contributed by atoms with Crippen LogP contribution in [0.15, 0.2) is 41.4 Å². The van der Waals surface area contributed by atoms with Crippen molar-refractivity contribution in [2.75, 3.05) is 13.2 Å². The molecule has 0 unspecified atom stereocenters. The lowest BCUT2D eigenvalue weighted by Gasteiger charge is -2.15. The van der Waals surface area contributed by atoms with E-state index in [1.807, 2.05) is 6.92 Å². The summed E-state index contributed by atoms with van der Waals surface area (Å²) in [5, 5.41) is 15.8. The number of nitrogens with zero attached hydrogens (tertiary/aromatic N) is 1. The van der Waals surface area contributed by atoms with Gasteiger partial charge in [0.05, 0.1) is 19.8 Å². The Balaban J connectivity index is 1.65.